The summed E-state index contributed by atoms with van der Waals surface area (Å²) in [5, 5.41) is 1.16. The van der Waals surface area contributed by atoms with Crippen LogP contribution in [-0.4, -0.2) is 4.98 Å². The predicted molar refractivity (Wildman–Crippen MR) is 76.3 cm³/mol. The van der Waals surface area contributed by atoms with Gasteiger partial charge in [-0.2, -0.15) is 0 Å². The first kappa shape index (κ1) is 10.8. The van der Waals surface area contributed by atoms with Gasteiger partial charge < -0.3 is 5.73 Å². The molecule has 1 heterocycles. The van der Waals surface area contributed by atoms with E-state index in [9.17, 15) is 0 Å². The highest BCUT2D eigenvalue weighted by atomic mass is 14.6. The molecule has 0 aliphatic rings. The van der Waals surface area contributed by atoms with E-state index in [4.69, 9.17) is 5.73 Å². The second-order valence-corrected chi connectivity index (χ2v) is 4.46. The average molecular weight is 234 g/mol. The van der Waals surface area contributed by atoms with Crippen molar-refractivity contribution in [3.63, 3.8) is 0 Å². The number of para-hydroxylation sites is 1. The number of rotatable bonds is 1. The summed E-state index contributed by atoms with van der Waals surface area (Å²) in [6, 6.07) is 16.3. The molecule has 0 radical (unpaired) electrons. The highest BCUT2D eigenvalue weighted by molar-refractivity contribution is 5.94. The number of aryl methyl sites for hydroxylation is 1. The van der Waals surface area contributed by atoms with Gasteiger partial charge in [0.15, 0.2) is 0 Å². The molecule has 88 valence electrons. The van der Waals surface area contributed by atoms with Gasteiger partial charge >= 0.3 is 0 Å². The maximum Gasteiger partial charge on any atom is 0.0780 e. The van der Waals surface area contributed by atoms with Gasteiger partial charge in [0, 0.05) is 22.8 Å². The number of nitrogens with zero attached hydrogens (tertiary/aromatic N) is 1. The van der Waals surface area contributed by atoms with Crippen LogP contribution < -0.4 is 5.73 Å². The van der Waals surface area contributed by atoms with Crippen molar-refractivity contribution in [1.29, 1.82) is 0 Å². The Hall–Kier alpha value is -2.35. The molecule has 3 aromatic rings. The van der Waals surface area contributed by atoms with Gasteiger partial charge in [0.25, 0.3) is 0 Å². The summed E-state index contributed by atoms with van der Waals surface area (Å²) < 4.78 is 0. The normalized spacial score (nSPS) is 10.7. The van der Waals surface area contributed by atoms with Crippen LogP contribution in [0.25, 0.3) is 22.0 Å². The number of benzene rings is 2. The third-order valence-corrected chi connectivity index (χ3v) is 3.17. The number of fused-ring (bicyclic) bond motifs is 1. The van der Waals surface area contributed by atoms with Crippen LogP contribution in [0, 0.1) is 6.92 Å². The number of nitrogens with two attached hydrogens (primary N) is 1. The summed E-state index contributed by atoms with van der Waals surface area (Å²) in [6.45, 7) is 2.08. The summed E-state index contributed by atoms with van der Waals surface area (Å²) >= 11 is 0. The smallest absolute Gasteiger partial charge is 0.0780 e. The third kappa shape index (κ3) is 1.72. The van der Waals surface area contributed by atoms with Gasteiger partial charge in [-0.3, -0.25) is 4.98 Å². The first-order valence-corrected chi connectivity index (χ1v) is 5.96. The molecule has 2 N–H and O–H groups in total. The molecule has 1 aromatic heterocycles. The number of nitrogen functional groups attached to an aromatic ring is 1. The fourth-order valence-electron chi connectivity index (χ4n) is 2.31. The Bertz CT molecular complexity index is 712. The van der Waals surface area contributed by atoms with E-state index in [2.05, 4.69) is 42.2 Å². The average Bonchev–Trinajstić information content (AvgIpc) is 2.38. The van der Waals surface area contributed by atoms with Crippen LogP contribution in [0.4, 0.5) is 5.69 Å². The Morgan fingerprint density at radius 1 is 0.944 bits per heavy atom. The van der Waals surface area contributed by atoms with Crippen molar-refractivity contribution in [2.45, 2.75) is 6.92 Å². The molecular weight excluding hydrogens is 220 g/mol. The Balaban J connectivity index is 2.31. The summed E-state index contributed by atoms with van der Waals surface area (Å²) in [5.41, 5.74) is 11.2. The van der Waals surface area contributed by atoms with Crippen LogP contribution in [0.2, 0.25) is 0 Å². The van der Waals surface area contributed by atoms with Crippen molar-refractivity contribution in [3.8, 4) is 11.1 Å². The van der Waals surface area contributed by atoms with Gasteiger partial charge in [0.1, 0.15) is 0 Å². The lowest BCUT2D eigenvalue weighted by molar-refractivity contribution is 1.40. The van der Waals surface area contributed by atoms with Crippen LogP contribution in [0.15, 0.2) is 54.7 Å². The predicted octanol–water partition coefficient (Wildman–Crippen LogP) is 3.79. The van der Waals surface area contributed by atoms with E-state index in [1.807, 2.05) is 24.4 Å². The molecule has 0 bridgehead atoms. The van der Waals surface area contributed by atoms with Crippen LogP contribution in [-0.2, 0) is 0 Å². The van der Waals surface area contributed by atoms with Gasteiger partial charge in [-0.05, 0) is 36.2 Å². The highest BCUT2D eigenvalue weighted by Crippen LogP contribution is 2.30. The van der Waals surface area contributed by atoms with Crippen LogP contribution >= 0.6 is 0 Å². The Labute approximate surface area is 106 Å². The number of hydrogen-bond donors (Lipinski definition) is 1. The maximum absolute atomic E-state index is 5.80. The van der Waals surface area contributed by atoms with E-state index >= 15 is 0 Å². The standard InChI is InChI=1S/C16H14N2/c1-11-10-13(17)7-8-14(11)15-6-2-4-12-5-3-9-18-16(12)15/h2-10H,17H2,1H3. The zero-order chi connectivity index (χ0) is 12.5. The lowest BCUT2D eigenvalue weighted by Gasteiger charge is -2.09. The number of anilines is 1. The molecule has 0 aliphatic carbocycles. The Morgan fingerprint density at radius 3 is 2.61 bits per heavy atom. The van der Waals surface area contributed by atoms with Gasteiger partial charge in [0.2, 0.25) is 0 Å². The minimum Gasteiger partial charge on any atom is -0.399 e. The van der Waals surface area contributed by atoms with Gasteiger partial charge in [-0.25, -0.2) is 0 Å². The van der Waals surface area contributed by atoms with E-state index < -0.39 is 0 Å². The van der Waals surface area contributed by atoms with E-state index in [1.165, 1.54) is 11.1 Å². The molecule has 0 unspecified atom stereocenters. The van der Waals surface area contributed by atoms with Crippen LogP contribution in [0.1, 0.15) is 5.56 Å². The lowest BCUT2D eigenvalue weighted by atomic mass is 9.97. The van der Waals surface area contributed by atoms with Crippen molar-refractivity contribution in [1.82, 2.24) is 4.98 Å². The van der Waals surface area contributed by atoms with Crippen molar-refractivity contribution in [2.75, 3.05) is 5.73 Å². The van der Waals surface area contributed by atoms with Crippen molar-refractivity contribution >= 4 is 16.6 Å². The molecule has 3 rings (SSSR count). The molecule has 2 nitrogen and oxygen atoms in total. The quantitative estimate of drug-likeness (QED) is 0.650. The van der Waals surface area contributed by atoms with Gasteiger partial charge in [-0.1, -0.05) is 30.3 Å². The molecule has 0 saturated heterocycles. The third-order valence-electron chi connectivity index (χ3n) is 3.17. The second kappa shape index (κ2) is 4.15. The molecule has 0 saturated carbocycles. The molecular formula is C16H14N2. The Morgan fingerprint density at radius 2 is 1.78 bits per heavy atom. The largest absolute Gasteiger partial charge is 0.399 e. The van der Waals surface area contributed by atoms with Gasteiger partial charge in [-0.15, -0.1) is 0 Å². The van der Waals surface area contributed by atoms with E-state index in [1.54, 1.807) is 0 Å². The summed E-state index contributed by atoms with van der Waals surface area (Å²) in [7, 11) is 0. The molecule has 18 heavy (non-hydrogen) atoms. The summed E-state index contributed by atoms with van der Waals surface area (Å²) in [4.78, 5) is 4.49. The SMILES string of the molecule is Cc1cc(N)ccc1-c1cccc2cccnc12. The van der Waals surface area contributed by atoms with Crippen molar-refractivity contribution in [3.05, 3.63) is 60.3 Å². The van der Waals surface area contributed by atoms with Gasteiger partial charge in [0.05, 0.1) is 5.52 Å². The maximum atomic E-state index is 5.80. The fourth-order valence-corrected chi connectivity index (χ4v) is 2.31. The zero-order valence-electron chi connectivity index (χ0n) is 10.2. The molecule has 0 fully saturated rings. The van der Waals surface area contributed by atoms with E-state index in [0.29, 0.717) is 0 Å². The summed E-state index contributed by atoms with van der Waals surface area (Å²) in [5.74, 6) is 0. The molecule has 0 spiro atoms. The minimum atomic E-state index is 0.796. The summed E-state index contributed by atoms with van der Waals surface area (Å²) in [6.07, 6.45) is 1.83. The molecule has 0 amide bonds. The van der Waals surface area contributed by atoms with Crippen LogP contribution in [0.5, 0.6) is 0 Å². The second-order valence-electron chi connectivity index (χ2n) is 4.46. The fraction of sp³-hybridized carbons (Fsp3) is 0.0625. The number of hydrogen-bond acceptors (Lipinski definition) is 2. The van der Waals surface area contributed by atoms with Crippen LogP contribution in [0.3, 0.4) is 0 Å². The number of aromatic nitrogens is 1. The lowest BCUT2D eigenvalue weighted by Crippen LogP contribution is -1.90. The monoisotopic (exact) mass is 234 g/mol. The molecule has 0 atom stereocenters. The highest BCUT2D eigenvalue weighted by Gasteiger charge is 2.07. The minimum absolute atomic E-state index is 0.796. The van der Waals surface area contributed by atoms with Crippen molar-refractivity contribution in [2.24, 2.45) is 0 Å². The number of pyridine rings is 1. The zero-order valence-corrected chi connectivity index (χ0v) is 10.2. The topological polar surface area (TPSA) is 38.9 Å². The Kier molecular flexibility index (Phi) is 2.49. The molecule has 2 aromatic carbocycles. The molecule has 2 heteroatoms. The van der Waals surface area contributed by atoms with E-state index in [-0.39, 0.29) is 0 Å². The van der Waals surface area contributed by atoms with Crippen molar-refractivity contribution < 1.29 is 0 Å². The first-order chi connectivity index (χ1) is 8.75. The first-order valence-electron chi connectivity index (χ1n) is 5.96. The molecule has 0 aliphatic heterocycles. The van der Waals surface area contributed by atoms with E-state index in [0.717, 1.165) is 22.2 Å².